The van der Waals surface area contributed by atoms with Gasteiger partial charge in [-0.15, -0.1) is 0 Å². The van der Waals surface area contributed by atoms with Gasteiger partial charge < -0.3 is 19.8 Å². The van der Waals surface area contributed by atoms with Crippen LogP contribution in [0.3, 0.4) is 0 Å². The number of sulfone groups is 1. The Balaban J connectivity index is 1.50. The van der Waals surface area contributed by atoms with Gasteiger partial charge in [0.2, 0.25) is 0 Å². The van der Waals surface area contributed by atoms with Gasteiger partial charge in [0.25, 0.3) is 0 Å². The van der Waals surface area contributed by atoms with Gasteiger partial charge in [0.05, 0.1) is 36.2 Å². The highest BCUT2D eigenvalue weighted by Crippen LogP contribution is 2.32. The lowest BCUT2D eigenvalue weighted by Gasteiger charge is -2.29. The number of hydrogen-bond donors (Lipinski definition) is 1. The van der Waals surface area contributed by atoms with Gasteiger partial charge >= 0.3 is 0 Å². The minimum atomic E-state index is -3.55. The Kier molecular flexibility index (Phi) is 6.57. The van der Waals surface area contributed by atoms with E-state index in [-0.39, 0.29) is 17.3 Å². The minimum Gasteiger partial charge on any atom is -0.399 e. The van der Waals surface area contributed by atoms with Gasteiger partial charge in [-0.2, -0.15) is 0 Å². The standard InChI is InChI=1S/C23H26ClN3O4S/c1-17-12-26-16-27(17)15-23(11-10-18-2-4-19(24)5-3-18)30-13-21(31-23)14-32(28,29)22-8-6-20(25)7-9-22/h2-9,12,16,21H,10-11,13-15,25H2,1H3/t21-,23-/m0/s1. The Morgan fingerprint density at radius 2 is 1.91 bits per heavy atom. The lowest BCUT2D eigenvalue weighted by molar-refractivity contribution is -0.180. The molecule has 2 N–H and O–H groups in total. The van der Waals surface area contributed by atoms with Crippen molar-refractivity contribution in [3.63, 3.8) is 0 Å². The van der Waals surface area contributed by atoms with Crippen LogP contribution < -0.4 is 5.73 Å². The molecule has 7 nitrogen and oxygen atoms in total. The van der Waals surface area contributed by atoms with Crippen molar-refractivity contribution in [1.82, 2.24) is 9.55 Å². The van der Waals surface area contributed by atoms with Crippen LogP contribution in [0.25, 0.3) is 0 Å². The molecule has 32 heavy (non-hydrogen) atoms. The number of hydrogen-bond acceptors (Lipinski definition) is 6. The van der Waals surface area contributed by atoms with Gasteiger partial charge in [0.1, 0.15) is 0 Å². The molecule has 1 aliphatic heterocycles. The molecule has 0 spiro atoms. The molecular weight excluding hydrogens is 450 g/mol. The van der Waals surface area contributed by atoms with Crippen LogP contribution in [0.5, 0.6) is 0 Å². The number of halogens is 1. The Morgan fingerprint density at radius 1 is 1.19 bits per heavy atom. The number of nitrogen functional groups attached to an aromatic ring is 1. The van der Waals surface area contributed by atoms with Crippen molar-refractivity contribution in [2.24, 2.45) is 0 Å². The molecule has 1 fully saturated rings. The number of imidazole rings is 1. The van der Waals surface area contributed by atoms with E-state index in [1.54, 1.807) is 24.7 Å². The van der Waals surface area contributed by atoms with Crippen LogP contribution in [0.4, 0.5) is 5.69 Å². The van der Waals surface area contributed by atoms with Crippen molar-refractivity contribution < 1.29 is 17.9 Å². The summed E-state index contributed by atoms with van der Waals surface area (Å²) in [5.41, 5.74) is 8.27. The number of benzene rings is 2. The molecule has 0 aliphatic carbocycles. The van der Waals surface area contributed by atoms with Crippen molar-refractivity contribution in [2.75, 3.05) is 18.1 Å². The van der Waals surface area contributed by atoms with Crippen molar-refractivity contribution in [3.8, 4) is 0 Å². The maximum Gasteiger partial charge on any atom is 0.187 e. The molecule has 3 aromatic rings. The highest BCUT2D eigenvalue weighted by atomic mass is 35.5. The van der Waals surface area contributed by atoms with Crippen molar-refractivity contribution >= 4 is 27.1 Å². The fourth-order valence-electron chi connectivity index (χ4n) is 3.81. The van der Waals surface area contributed by atoms with E-state index >= 15 is 0 Å². The van der Waals surface area contributed by atoms with Crippen LogP contribution in [0.15, 0.2) is 66.0 Å². The first kappa shape index (κ1) is 22.8. The highest BCUT2D eigenvalue weighted by molar-refractivity contribution is 7.91. The highest BCUT2D eigenvalue weighted by Gasteiger charge is 2.43. The molecule has 0 amide bonds. The average Bonchev–Trinajstić information content (AvgIpc) is 3.34. The van der Waals surface area contributed by atoms with Gasteiger partial charge in [-0.25, -0.2) is 13.4 Å². The zero-order valence-electron chi connectivity index (χ0n) is 17.8. The Morgan fingerprint density at radius 3 is 2.56 bits per heavy atom. The molecule has 0 unspecified atom stereocenters. The third-order valence-corrected chi connectivity index (χ3v) is 7.65. The molecule has 2 heterocycles. The summed E-state index contributed by atoms with van der Waals surface area (Å²) >= 11 is 5.99. The summed E-state index contributed by atoms with van der Waals surface area (Å²) in [6.45, 7) is 2.57. The first-order chi connectivity index (χ1) is 15.2. The molecule has 1 aliphatic rings. The van der Waals surface area contributed by atoms with Crippen LogP contribution in [-0.4, -0.2) is 42.2 Å². The van der Waals surface area contributed by atoms with E-state index in [1.807, 2.05) is 35.8 Å². The summed E-state index contributed by atoms with van der Waals surface area (Å²) in [7, 11) is -3.55. The molecule has 0 saturated carbocycles. The Bertz CT molecular complexity index is 1160. The van der Waals surface area contributed by atoms with E-state index in [9.17, 15) is 8.42 Å². The molecule has 0 bridgehead atoms. The zero-order valence-corrected chi connectivity index (χ0v) is 19.3. The summed E-state index contributed by atoms with van der Waals surface area (Å²) in [4.78, 5) is 4.40. The van der Waals surface area contributed by atoms with Gasteiger partial charge in [-0.3, -0.25) is 0 Å². The third-order valence-electron chi connectivity index (χ3n) is 5.60. The van der Waals surface area contributed by atoms with Crippen molar-refractivity contribution in [3.05, 3.63) is 77.3 Å². The molecule has 1 saturated heterocycles. The summed E-state index contributed by atoms with van der Waals surface area (Å²) < 4.78 is 40.2. The van der Waals surface area contributed by atoms with E-state index in [1.165, 1.54) is 12.1 Å². The van der Waals surface area contributed by atoms with E-state index in [4.69, 9.17) is 26.8 Å². The first-order valence-corrected chi connectivity index (χ1v) is 12.4. The number of anilines is 1. The molecule has 2 atom stereocenters. The summed E-state index contributed by atoms with van der Waals surface area (Å²) in [6.07, 6.45) is 4.18. The Labute approximate surface area is 193 Å². The number of ether oxygens (including phenoxy) is 2. The maximum absolute atomic E-state index is 12.9. The second-order valence-corrected chi connectivity index (χ2v) is 10.6. The molecule has 0 radical (unpaired) electrons. The topological polar surface area (TPSA) is 96.4 Å². The number of aryl methyl sites for hydroxylation is 2. The second kappa shape index (κ2) is 9.23. The van der Waals surface area contributed by atoms with Crippen molar-refractivity contribution in [1.29, 1.82) is 0 Å². The third kappa shape index (κ3) is 5.32. The van der Waals surface area contributed by atoms with Crippen LogP contribution in [0.1, 0.15) is 17.7 Å². The first-order valence-electron chi connectivity index (χ1n) is 10.4. The second-order valence-electron chi connectivity index (χ2n) is 8.10. The molecule has 1 aromatic heterocycles. The van der Waals surface area contributed by atoms with E-state index in [0.717, 1.165) is 11.3 Å². The maximum atomic E-state index is 12.9. The van der Waals surface area contributed by atoms with E-state index < -0.39 is 21.7 Å². The minimum absolute atomic E-state index is 0.164. The van der Waals surface area contributed by atoms with Crippen LogP contribution >= 0.6 is 11.6 Å². The van der Waals surface area contributed by atoms with Gasteiger partial charge in [0, 0.05) is 29.0 Å². The molecular formula is C23H26ClN3O4S. The van der Waals surface area contributed by atoms with Gasteiger partial charge in [-0.05, 0) is 55.3 Å². The number of rotatable bonds is 8. The van der Waals surface area contributed by atoms with Crippen LogP contribution in [0, 0.1) is 6.92 Å². The fourth-order valence-corrected chi connectivity index (χ4v) is 5.33. The number of nitrogens with zero attached hydrogens (tertiary/aromatic N) is 2. The van der Waals surface area contributed by atoms with Gasteiger partial charge in [-0.1, -0.05) is 23.7 Å². The normalized spacial score (nSPS) is 21.1. The van der Waals surface area contributed by atoms with Gasteiger partial charge in [0.15, 0.2) is 15.6 Å². The zero-order chi connectivity index (χ0) is 22.8. The lowest BCUT2D eigenvalue weighted by atomic mass is 10.0. The predicted octanol–water partition coefficient (Wildman–Crippen LogP) is 3.65. The van der Waals surface area contributed by atoms with Crippen LogP contribution in [0.2, 0.25) is 5.02 Å². The van der Waals surface area contributed by atoms with E-state index in [0.29, 0.717) is 30.1 Å². The average molecular weight is 476 g/mol. The summed E-state index contributed by atoms with van der Waals surface area (Å²) in [5, 5.41) is 0.679. The molecule has 170 valence electrons. The van der Waals surface area contributed by atoms with Crippen LogP contribution in [-0.2, 0) is 32.3 Å². The summed E-state index contributed by atoms with van der Waals surface area (Å²) in [6, 6.07) is 13.8. The quantitative estimate of drug-likeness (QED) is 0.499. The summed E-state index contributed by atoms with van der Waals surface area (Å²) in [5.74, 6) is -1.12. The lowest BCUT2D eigenvalue weighted by Crippen LogP contribution is -2.38. The largest absolute Gasteiger partial charge is 0.399 e. The molecule has 9 heteroatoms. The molecule has 4 rings (SSSR count). The monoisotopic (exact) mass is 475 g/mol. The van der Waals surface area contributed by atoms with E-state index in [2.05, 4.69) is 4.98 Å². The SMILES string of the molecule is Cc1cncn1C[C@@]1(CCc2ccc(Cl)cc2)OC[C@@H](CS(=O)(=O)c2ccc(N)cc2)O1. The smallest absolute Gasteiger partial charge is 0.187 e. The molecule has 2 aromatic carbocycles. The predicted molar refractivity (Wildman–Crippen MR) is 123 cm³/mol. The Hall–Kier alpha value is -2.39. The fraction of sp³-hybridized carbons (Fsp3) is 0.348. The van der Waals surface area contributed by atoms with Crippen molar-refractivity contribution in [2.45, 2.75) is 43.1 Å². The number of nitrogens with two attached hydrogens (primary N) is 1. The number of aromatic nitrogens is 2.